The number of hydrogen-bond acceptors (Lipinski definition) is 7. The zero-order chi connectivity index (χ0) is 19.4. The molecular weight excluding hydrogens is 392 g/mol. The molecule has 0 bridgehead atoms. The summed E-state index contributed by atoms with van der Waals surface area (Å²) in [6.07, 6.45) is 0. The third-order valence-corrected chi connectivity index (χ3v) is 4.81. The van der Waals surface area contributed by atoms with E-state index in [4.69, 9.17) is 16.3 Å². The van der Waals surface area contributed by atoms with Gasteiger partial charge in [0.15, 0.2) is 5.69 Å². The summed E-state index contributed by atoms with van der Waals surface area (Å²) in [7, 11) is 0. The first-order valence-corrected chi connectivity index (χ1v) is 8.99. The van der Waals surface area contributed by atoms with Crippen LogP contribution in [0.1, 0.15) is 17.4 Å². The number of esters is 1. The third-order valence-electron chi connectivity index (χ3n) is 3.49. The van der Waals surface area contributed by atoms with Crippen molar-refractivity contribution in [3.05, 3.63) is 63.3 Å². The molecule has 3 rings (SSSR count). The number of benzene rings is 2. The average Bonchev–Trinajstić information content (AvgIpc) is 3.14. The van der Waals surface area contributed by atoms with Gasteiger partial charge in [-0.3, -0.25) is 10.1 Å². The van der Waals surface area contributed by atoms with Crippen molar-refractivity contribution < 1.29 is 14.5 Å². The molecule has 0 aliphatic heterocycles. The number of carbonyl (C=O) groups excluding carboxylic acids is 1. The Labute approximate surface area is 163 Å². The molecule has 3 aromatic rings. The topological polar surface area (TPSA) is 111 Å². The van der Waals surface area contributed by atoms with Crippen molar-refractivity contribution in [2.75, 3.05) is 6.61 Å². The van der Waals surface area contributed by atoms with Gasteiger partial charge in [0.05, 0.1) is 16.4 Å². The van der Waals surface area contributed by atoms with Gasteiger partial charge in [0.25, 0.3) is 5.69 Å². The van der Waals surface area contributed by atoms with Crippen LogP contribution in [0, 0.1) is 10.1 Å². The van der Waals surface area contributed by atoms with Gasteiger partial charge >= 0.3 is 5.97 Å². The highest BCUT2D eigenvalue weighted by Gasteiger charge is 2.23. The second-order valence-corrected chi connectivity index (χ2v) is 6.79. The Morgan fingerprint density at radius 1 is 1.26 bits per heavy atom. The summed E-state index contributed by atoms with van der Waals surface area (Å²) in [6, 6.07) is 11.6. The molecule has 1 N–H and O–H groups in total. The van der Waals surface area contributed by atoms with Gasteiger partial charge in [-0.25, -0.2) is 4.79 Å². The number of aromatic nitrogens is 3. The molecule has 10 heteroatoms. The number of rotatable bonds is 6. The normalized spacial score (nSPS) is 10.6. The van der Waals surface area contributed by atoms with Crippen molar-refractivity contribution in [1.29, 1.82) is 0 Å². The second kappa shape index (κ2) is 8.19. The molecule has 0 saturated carbocycles. The summed E-state index contributed by atoms with van der Waals surface area (Å²) >= 11 is 7.11. The van der Waals surface area contributed by atoms with Gasteiger partial charge in [-0.2, -0.15) is 10.3 Å². The third kappa shape index (κ3) is 4.26. The minimum Gasteiger partial charge on any atom is -0.461 e. The number of carbonyl (C=O) groups is 1. The number of hydrogen-bond donors (Lipinski definition) is 1. The quantitative estimate of drug-likeness (QED) is 0.369. The smallest absolute Gasteiger partial charge is 0.361 e. The molecule has 0 fully saturated rings. The number of H-pyrrole nitrogens is 1. The zero-order valence-corrected chi connectivity index (χ0v) is 15.6. The maximum Gasteiger partial charge on any atom is 0.361 e. The van der Waals surface area contributed by atoms with E-state index in [9.17, 15) is 14.9 Å². The first kappa shape index (κ1) is 18.9. The molecule has 138 valence electrons. The lowest BCUT2D eigenvalue weighted by atomic mass is 10.1. The van der Waals surface area contributed by atoms with E-state index in [1.165, 1.54) is 17.8 Å². The number of nitrogens with one attached hydrogen (secondary N) is 1. The summed E-state index contributed by atoms with van der Waals surface area (Å²) in [4.78, 5) is 24.3. The number of nitrogens with zero attached hydrogens (tertiary/aromatic N) is 3. The lowest BCUT2D eigenvalue weighted by Crippen LogP contribution is -2.06. The average molecular weight is 405 g/mol. The van der Waals surface area contributed by atoms with E-state index in [-0.39, 0.29) is 23.7 Å². The van der Waals surface area contributed by atoms with E-state index in [0.29, 0.717) is 15.5 Å². The molecule has 0 atom stereocenters. The summed E-state index contributed by atoms with van der Waals surface area (Å²) in [6.45, 7) is 1.85. The van der Waals surface area contributed by atoms with E-state index in [2.05, 4.69) is 15.4 Å². The maximum atomic E-state index is 12.0. The van der Waals surface area contributed by atoms with Crippen LogP contribution < -0.4 is 0 Å². The fourth-order valence-electron chi connectivity index (χ4n) is 2.30. The molecule has 1 aromatic heterocycles. The minimum absolute atomic E-state index is 0.0238. The predicted molar refractivity (Wildman–Crippen MR) is 100 cm³/mol. The van der Waals surface area contributed by atoms with Crippen molar-refractivity contribution in [2.24, 2.45) is 0 Å². The standard InChI is InChI=1S/C17H13ClN4O4S/c1-2-26-17(23)16-15(19-21-20-16)10-3-8-14(13(9-10)22(24)25)27-12-6-4-11(18)5-7-12/h3-9H,2H2,1H3,(H,19,20,21). The lowest BCUT2D eigenvalue weighted by Gasteiger charge is -2.06. The SMILES string of the molecule is CCOC(=O)c1n[nH]nc1-c1ccc(Sc2ccc(Cl)cc2)c([N+](=O)[O-])c1. The Balaban J connectivity index is 1.97. The molecule has 0 amide bonds. The molecule has 0 spiro atoms. The molecule has 0 aliphatic rings. The first-order valence-electron chi connectivity index (χ1n) is 7.79. The Kier molecular flexibility index (Phi) is 5.72. The predicted octanol–water partition coefficient (Wildman–Crippen LogP) is 4.36. The number of nitro benzene ring substituents is 1. The van der Waals surface area contributed by atoms with Crippen LogP contribution in [0.25, 0.3) is 11.3 Å². The van der Waals surface area contributed by atoms with Crippen LogP contribution in [0.5, 0.6) is 0 Å². The van der Waals surface area contributed by atoms with Crippen LogP contribution >= 0.6 is 23.4 Å². The number of aromatic amines is 1. The second-order valence-electron chi connectivity index (χ2n) is 5.24. The fourth-order valence-corrected chi connectivity index (χ4v) is 3.32. The highest BCUT2D eigenvalue weighted by atomic mass is 35.5. The van der Waals surface area contributed by atoms with Gasteiger partial charge in [0.2, 0.25) is 0 Å². The van der Waals surface area contributed by atoms with Gasteiger partial charge in [-0.1, -0.05) is 29.4 Å². The number of ether oxygens (including phenoxy) is 1. The van der Waals surface area contributed by atoms with Crippen LogP contribution in [0.3, 0.4) is 0 Å². The van der Waals surface area contributed by atoms with Crippen LogP contribution in [-0.4, -0.2) is 32.9 Å². The lowest BCUT2D eigenvalue weighted by molar-refractivity contribution is -0.387. The van der Waals surface area contributed by atoms with Gasteiger partial charge in [0.1, 0.15) is 5.69 Å². The maximum absolute atomic E-state index is 12.0. The zero-order valence-electron chi connectivity index (χ0n) is 14.0. The van der Waals surface area contributed by atoms with Gasteiger partial charge in [-0.15, -0.1) is 5.10 Å². The molecule has 8 nitrogen and oxygen atoms in total. The van der Waals surface area contributed by atoms with E-state index in [1.807, 2.05) is 0 Å². The summed E-state index contributed by atoms with van der Waals surface area (Å²) in [5.41, 5.74) is 0.452. The monoisotopic (exact) mass is 404 g/mol. The fraction of sp³-hybridized carbons (Fsp3) is 0.118. The van der Waals surface area contributed by atoms with Crippen molar-refractivity contribution in [3.8, 4) is 11.3 Å². The largest absolute Gasteiger partial charge is 0.461 e. The number of nitro groups is 1. The Morgan fingerprint density at radius 3 is 2.67 bits per heavy atom. The molecule has 0 radical (unpaired) electrons. The highest BCUT2D eigenvalue weighted by molar-refractivity contribution is 7.99. The molecule has 1 heterocycles. The van der Waals surface area contributed by atoms with Gasteiger partial charge < -0.3 is 4.74 Å². The van der Waals surface area contributed by atoms with Gasteiger partial charge in [0, 0.05) is 21.5 Å². The van der Waals surface area contributed by atoms with E-state index in [0.717, 1.165) is 4.90 Å². The van der Waals surface area contributed by atoms with Crippen molar-refractivity contribution in [2.45, 2.75) is 16.7 Å². The van der Waals surface area contributed by atoms with Crippen LogP contribution in [-0.2, 0) is 4.74 Å². The summed E-state index contributed by atoms with van der Waals surface area (Å²) < 4.78 is 4.93. The Bertz CT molecular complexity index is 991. The van der Waals surface area contributed by atoms with E-state index in [1.54, 1.807) is 43.3 Å². The molecule has 0 aliphatic carbocycles. The number of halogens is 1. The summed E-state index contributed by atoms with van der Waals surface area (Å²) in [5.74, 6) is -0.650. The Hall–Kier alpha value is -2.91. The molecular formula is C17H13ClN4O4S. The van der Waals surface area contributed by atoms with Crippen LogP contribution in [0.4, 0.5) is 5.69 Å². The highest BCUT2D eigenvalue weighted by Crippen LogP contribution is 2.37. The van der Waals surface area contributed by atoms with E-state index >= 15 is 0 Å². The van der Waals surface area contributed by atoms with Crippen molar-refractivity contribution >= 4 is 35.0 Å². The molecule has 2 aromatic carbocycles. The van der Waals surface area contributed by atoms with E-state index < -0.39 is 10.9 Å². The van der Waals surface area contributed by atoms with Gasteiger partial charge in [-0.05, 0) is 37.3 Å². The van der Waals surface area contributed by atoms with Crippen LogP contribution in [0.15, 0.2) is 52.3 Å². The van der Waals surface area contributed by atoms with Crippen LogP contribution in [0.2, 0.25) is 5.02 Å². The minimum atomic E-state index is -0.650. The molecule has 27 heavy (non-hydrogen) atoms. The van der Waals surface area contributed by atoms with Crippen molar-refractivity contribution in [3.63, 3.8) is 0 Å². The molecule has 0 saturated heterocycles. The van der Waals surface area contributed by atoms with Crippen molar-refractivity contribution in [1.82, 2.24) is 15.4 Å². The Morgan fingerprint density at radius 2 is 2.00 bits per heavy atom. The molecule has 0 unspecified atom stereocenters. The first-order chi connectivity index (χ1) is 13.0. The summed E-state index contributed by atoms with van der Waals surface area (Å²) in [5, 5.41) is 22.2.